The van der Waals surface area contributed by atoms with E-state index < -0.39 is 18.4 Å². The number of aliphatic hydroxyl groups is 2. The molecule has 9 heteroatoms. The summed E-state index contributed by atoms with van der Waals surface area (Å²) in [5, 5.41) is 18.8. The van der Waals surface area contributed by atoms with Crippen LogP contribution in [0.1, 0.15) is 12.6 Å². The zero-order valence-corrected chi connectivity index (χ0v) is 11.4. The second kappa shape index (κ2) is 4.67. The molecule has 0 saturated carbocycles. The lowest BCUT2D eigenvalue weighted by atomic mass is 10.2. The highest BCUT2D eigenvalue weighted by molar-refractivity contribution is 9.10. The number of rotatable bonds is 2. The number of hydrogen-bond acceptors (Lipinski definition) is 7. The van der Waals surface area contributed by atoms with Crippen molar-refractivity contribution in [2.75, 3.05) is 12.3 Å². The third-order valence-corrected chi connectivity index (χ3v) is 3.48. The van der Waals surface area contributed by atoms with Crippen LogP contribution in [0.5, 0.6) is 0 Å². The minimum Gasteiger partial charge on any atom is -0.394 e. The van der Waals surface area contributed by atoms with E-state index in [0.717, 1.165) is 0 Å². The van der Waals surface area contributed by atoms with Gasteiger partial charge in [0.2, 0.25) is 4.73 Å². The van der Waals surface area contributed by atoms with Crippen LogP contribution in [0.25, 0.3) is 11.2 Å². The van der Waals surface area contributed by atoms with E-state index in [1.807, 2.05) is 0 Å². The van der Waals surface area contributed by atoms with Crippen molar-refractivity contribution in [3.63, 3.8) is 0 Å². The van der Waals surface area contributed by atoms with Crippen molar-refractivity contribution in [3.05, 3.63) is 11.1 Å². The van der Waals surface area contributed by atoms with Gasteiger partial charge in [-0.05, 0) is 15.9 Å². The van der Waals surface area contributed by atoms with Crippen LogP contribution in [0, 0.1) is 0 Å². The topological polar surface area (TPSA) is 119 Å². The highest BCUT2D eigenvalue weighted by Gasteiger charge is 2.35. The van der Waals surface area contributed by atoms with Crippen molar-refractivity contribution in [3.8, 4) is 0 Å². The SMILES string of the molecule is Nc1nc(Br)nc2ncn([C@H]3C[C@H](O)[C@@H](CO)O3)c12. The number of anilines is 1. The molecule has 1 aliphatic heterocycles. The Hall–Kier alpha value is -1.29. The van der Waals surface area contributed by atoms with E-state index in [-0.39, 0.29) is 12.4 Å². The van der Waals surface area contributed by atoms with Crippen LogP contribution in [0.15, 0.2) is 11.1 Å². The predicted octanol–water partition coefficient (Wildman–Crippen LogP) is -0.188. The van der Waals surface area contributed by atoms with Gasteiger partial charge in [0.1, 0.15) is 17.8 Å². The van der Waals surface area contributed by atoms with Crippen molar-refractivity contribution in [2.24, 2.45) is 0 Å². The fourth-order valence-corrected chi connectivity index (χ4v) is 2.57. The van der Waals surface area contributed by atoms with Gasteiger partial charge in [0.25, 0.3) is 0 Å². The van der Waals surface area contributed by atoms with Gasteiger partial charge in [-0.1, -0.05) is 0 Å². The Morgan fingerprint density at radius 2 is 2.32 bits per heavy atom. The van der Waals surface area contributed by atoms with Crippen LogP contribution in [-0.2, 0) is 4.74 Å². The Kier molecular flexibility index (Phi) is 3.13. The van der Waals surface area contributed by atoms with Gasteiger partial charge in [-0.3, -0.25) is 4.57 Å². The van der Waals surface area contributed by atoms with Crippen LogP contribution in [0.4, 0.5) is 5.82 Å². The van der Waals surface area contributed by atoms with E-state index in [4.69, 9.17) is 15.6 Å². The Bertz CT molecular complexity index is 618. The Morgan fingerprint density at radius 1 is 1.53 bits per heavy atom. The number of aliphatic hydroxyl groups excluding tert-OH is 2. The van der Waals surface area contributed by atoms with Crippen molar-refractivity contribution >= 4 is 32.9 Å². The van der Waals surface area contributed by atoms with Crippen molar-refractivity contribution in [1.82, 2.24) is 19.5 Å². The number of imidazole rings is 1. The monoisotopic (exact) mass is 329 g/mol. The molecule has 3 heterocycles. The summed E-state index contributed by atoms with van der Waals surface area (Å²) >= 11 is 3.15. The number of nitrogen functional groups attached to an aromatic ring is 1. The molecule has 0 amide bonds. The number of hydrogen-bond donors (Lipinski definition) is 3. The summed E-state index contributed by atoms with van der Waals surface area (Å²) in [5.74, 6) is 0.278. The molecule has 1 aliphatic rings. The second-order valence-electron chi connectivity index (χ2n) is 4.32. The first-order valence-corrected chi connectivity index (χ1v) is 6.49. The van der Waals surface area contributed by atoms with E-state index in [9.17, 15) is 5.11 Å². The third-order valence-electron chi connectivity index (χ3n) is 3.12. The maximum atomic E-state index is 9.75. The van der Waals surface area contributed by atoms with E-state index in [2.05, 4.69) is 30.9 Å². The van der Waals surface area contributed by atoms with Crippen LogP contribution < -0.4 is 5.73 Å². The van der Waals surface area contributed by atoms with Crippen LogP contribution in [-0.4, -0.2) is 48.5 Å². The average molecular weight is 330 g/mol. The molecule has 102 valence electrons. The molecule has 1 fully saturated rings. The Labute approximate surface area is 116 Å². The van der Waals surface area contributed by atoms with Crippen LogP contribution in [0.3, 0.4) is 0 Å². The van der Waals surface area contributed by atoms with E-state index in [1.54, 1.807) is 10.9 Å². The number of halogens is 1. The zero-order valence-electron chi connectivity index (χ0n) is 9.77. The molecule has 4 N–H and O–H groups in total. The Morgan fingerprint density at radius 3 is 3.00 bits per heavy atom. The van der Waals surface area contributed by atoms with Gasteiger partial charge in [0.15, 0.2) is 11.5 Å². The predicted molar refractivity (Wildman–Crippen MR) is 69.1 cm³/mol. The van der Waals surface area contributed by atoms with Gasteiger partial charge in [0.05, 0.1) is 19.0 Å². The standard InChI is InChI=1S/C10H12BrN5O3/c11-10-14-8(12)7-9(15-10)13-3-16(7)6-1-4(18)5(2-17)19-6/h3-6,17-18H,1-2H2,(H2,12,14,15)/t4-,5+,6+/m0/s1. The van der Waals surface area contributed by atoms with Gasteiger partial charge in [-0.15, -0.1) is 0 Å². The zero-order chi connectivity index (χ0) is 13.6. The summed E-state index contributed by atoms with van der Waals surface area (Å²) in [6.45, 7) is -0.234. The van der Waals surface area contributed by atoms with Gasteiger partial charge in [0, 0.05) is 6.42 Å². The smallest absolute Gasteiger partial charge is 0.200 e. The van der Waals surface area contributed by atoms with Gasteiger partial charge in [-0.2, -0.15) is 0 Å². The summed E-state index contributed by atoms with van der Waals surface area (Å²) in [6.07, 6.45) is 0.139. The van der Waals surface area contributed by atoms with Gasteiger partial charge >= 0.3 is 0 Å². The summed E-state index contributed by atoms with van der Waals surface area (Å²) in [6, 6.07) is 0. The maximum Gasteiger partial charge on any atom is 0.200 e. The number of fused-ring (bicyclic) bond motifs is 1. The maximum absolute atomic E-state index is 9.75. The highest BCUT2D eigenvalue weighted by Crippen LogP contribution is 2.32. The minimum absolute atomic E-state index is 0.234. The first-order chi connectivity index (χ1) is 9.10. The molecule has 8 nitrogen and oxygen atoms in total. The molecule has 0 aromatic carbocycles. The minimum atomic E-state index is -0.718. The molecule has 0 radical (unpaired) electrons. The number of aromatic nitrogens is 4. The first-order valence-electron chi connectivity index (χ1n) is 5.70. The van der Waals surface area contributed by atoms with Crippen LogP contribution in [0.2, 0.25) is 0 Å². The lowest BCUT2D eigenvalue weighted by molar-refractivity contribution is -0.0430. The lowest BCUT2D eigenvalue weighted by Gasteiger charge is -2.14. The fourth-order valence-electron chi connectivity index (χ4n) is 2.21. The van der Waals surface area contributed by atoms with Gasteiger partial charge in [-0.25, -0.2) is 15.0 Å². The molecule has 0 aliphatic carbocycles. The molecule has 3 atom stereocenters. The van der Waals surface area contributed by atoms with Crippen molar-refractivity contribution in [1.29, 1.82) is 0 Å². The van der Waals surface area contributed by atoms with E-state index >= 15 is 0 Å². The normalized spacial score (nSPS) is 27.2. The third kappa shape index (κ3) is 2.08. The summed E-state index contributed by atoms with van der Waals surface area (Å²) in [4.78, 5) is 12.3. The molecule has 19 heavy (non-hydrogen) atoms. The summed E-state index contributed by atoms with van der Waals surface area (Å²) in [5.41, 5.74) is 6.87. The number of ether oxygens (including phenoxy) is 1. The lowest BCUT2D eigenvalue weighted by Crippen LogP contribution is -2.24. The fraction of sp³-hybridized carbons (Fsp3) is 0.500. The van der Waals surface area contributed by atoms with Crippen molar-refractivity contribution in [2.45, 2.75) is 24.9 Å². The van der Waals surface area contributed by atoms with E-state index in [0.29, 0.717) is 22.3 Å². The molecule has 3 rings (SSSR count). The largest absolute Gasteiger partial charge is 0.394 e. The Balaban J connectivity index is 2.03. The molecule has 2 aromatic heterocycles. The highest BCUT2D eigenvalue weighted by atomic mass is 79.9. The molecular weight excluding hydrogens is 318 g/mol. The molecule has 0 spiro atoms. The van der Waals surface area contributed by atoms with Crippen LogP contribution >= 0.6 is 15.9 Å². The number of nitrogens with two attached hydrogens (primary N) is 1. The quantitative estimate of drug-likeness (QED) is 0.653. The van der Waals surface area contributed by atoms with Crippen molar-refractivity contribution < 1.29 is 14.9 Å². The molecule has 0 bridgehead atoms. The molecule has 0 unspecified atom stereocenters. The summed E-state index contributed by atoms with van der Waals surface area (Å²) in [7, 11) is 0. The molecule has 1 saturated heterocycles. The number of nitrogens with zero attached hydrogens (tertiary/aromatic N) is 4. The van der Waals surface area contributed by atoms with Gasteiger partial charge < -0.3 is 20.7 Å². The molecular formula is C10H12BrN5O3. The summed E-state index contributed by atoms with van der Waals surface area (Å²) < 4.78 is 7.60. The second-order valence-corrected chi connectivity index (χ2v) is 5.03. The molecule has 2 aromatic rings. The van der Waals surface area contributed by atoms with E-state index in [1.165, 1.54) is 0 Å². The first kappa shape index (κ1) is 12.7. The average Bonchev–Trinajstić information content (AvgIpc) is 2.92.